The monoisotopic (exact) mass is 289 g/mol. The molecule has 8 nitrogen and oxygen atoms in total. The van der Waals surface area contributed by atoms with Gasteiger partial charge in [0.15, 0.2) is 0 Å². The molecule has 106 valence electrons. The highest BCUT2D eigenvalue weighted by atomic mass is 32.2. The molecule has 1 aliphatic heterocycles. The molecule has 1 atom stereocenters. The van der Waals surface area contributed by atoms with Gasteiger partial charge in [-0.1, -0.05) is 0 Å². The summed E-state index contributed by atoms with van der Waals surface area (Å²) in [6, 6.07) is 1.43. The lowest BCUT2D eigenvalue weighted by Gasteiger charge is -2.13. The van der Waals surface area contributed by atoms with E-state index >= 15 is 0 Å². The largest absolute Gasteiger partial charge is 0.472 e. The van der Waals surface area contributed by atoms with Gasteiger partial charge in [-0.25, -0.2) is 13.2 Å². The number of ether oxygens (including phenoxy) is 2. The Morgan fingerprint density at radius 2 is 2.32 bits per heavy atom. The Hall–Kier alpha value is -1.61. The molecule has 2 rings (SSSR count). The van der Waals surface area contributed by atoms with E-state index in [0.29, 0.717) is 19.5 Å². The fourth-order valence-corrected chi connectivity index (χ4v) is 2.72. The van der Waals surface area contributed by atoms with Crippen LogP contribution in [-0.4, -0.2) is 61.4 Å². The van der Waals surface area contributed by atoms with E-state index in [2.05, 4.69) is 14.9 Å². The molecule has 2 heterocycles. The van der Waals surface area contributed by atoms with Crippen LogP contribution in [-0.2, 0) is 14.8 Å². The van der Waals surface area contributed by atoms with Crippen LogP contribution in [0.5, 0.6) is 5.88 Å². The van der Waals surface area contributed by atoms with Crippen LogP contribution in [0.4, 0.5) is 0 Å². The second-order valence-electron chi connectivity index (χ2n) is 4.26. The average Bonchev–Trinajstić information content (AvgIpc) is 2.97. The zero-order chi connectivity index (χ0) is 14.0. The molecule has 0 aliphatic carbocycles. The summed E-state index contributed by atoms with van der Waals surface area (Å²) in [7, 11) is -1.92. The number of nitrogens with zero attached hydrogens (tertiary/aromatic N) is 2. The number of nitrogens with one attached hydrogen (secondary N) is 1. The molecule has 9 heteroatoms. The summed E-state index contributed by atoms with van der Waals surface area (Å²) >= 11 is 0. The Morgan fingerprint density at radius 3 is 2.89 bits per heavy atom. The Morgan fingerprint density at radius 1 is 1.58 bits per heavy atom. The maximum absolute atomic E-state index is 11.4. The van der Waals surface area contributed by atoms with Crippen LogP contribution in [0.15, 0.2) is 6.07 Å². The van der Waals surface area contributed by atoms with Gasteiger partial charge in [0.2, 0.25) is 15.9 Å². The number of hydrogen-bond donors (Lipinski definition) is 1. The Kier molecular flexibility index (Phi) is 3.76. The van der Waals surface area contributed by atoms with Crippen LogP contribution in [0.2, 0.25) is 0 Å². The van der Waals surface area contributed by atoms with E-state index < -0.39 is 16.0 Å². The van der Waals surface area contributed by atoms with E-state index in [4.69, 9.17) is 4.74 Å². The summed E-state index contributed by atoms with van der Waals surface area (Å²) in [5.74, 6) is -0.285. The van der Waals surface area contributed by atoms with E-state index in [-0.39, 0.29) is 17.7 Å². The zero-order valence-electron chi connectivity index (χ0n) is 10.6. The molecule has 0 spiro atoms. The molecule has 0 unspecified atom stereocenters. The second-order valence-corrected chi connectivity index (χ2v) is 6.24. The fraction of sp³-hybridized carbons (Fsp3) is 0.600. The van der Waals surface area contributed by atoms with Crippen molar-refractivity contribution in [3.8, 4) is 5.88 Å². The fourth-order valence-electron chi connectivity index (χ4n) is 1.84. The van der Waals surface area contributed by atoms with Gasteiger partial charge in [0.1, 0.15) is 11.8 Å². The summed E-state index contributed by atoms with van der Waals surface area (Å²) in [6.07, 6.45) is 1.50. The first-order valence-electron chi connectivity index (χ1n) is 5.65. The molecule has 19 heavy (non-hydrogen) atoms. The number of aromatic nitrogens is 2. The van der Waals surface area contributed by atoms with Gasteiger partial charge in [0.25, 0.3) is 0 Å². The number of rotatable bonds is 4. The average molecular weight is 289 g/mol. The second kappa shape index (κ2) is 5.17. The van der Waals surface area contributed by atoms with Gasteiger partial charge in [-0.05, 0) is 6.42 Å². The third kappa shape index (κ3) is 3.24. The molecular weight excluding hydrogens is 274 g/mol. The van der Waals surface area contributed by atoms with Crippen LogP contribution >= 0.6 is 0 Å². The number of carbonyl (C=O) groups excluding carboxylic acids is 1. The van der Waals surface area contributed by atoms with Crippen molar-refractivity contribution in [2.45, 2.75) is 12.5 Å². The highest BCUT2D eigenvalue weighted by molar-refractivity contribution is 7.88. The van der Waals surface area contributed by atoms with Crippen LogP contribution < -0.4 is 4.74 Å². The van der Waals surface area contributed by atoms with Crippen molar-refractivity contribution < 1.29 is 22.7 Å². The Bertz CT molecular complexity index is 567. The highest BCUT2D eigenvalue weighted by Gasteiger charge is 2.30. The van der Waals surface area contributed by atoms with Crippen molar-refractivity contribution in [1.82, 2.24) is 14.5 Å². The number of carbonyl (C=O) groups is 1. The minimum Gasteiger partial charge on any atom is -0.472 e. The summed E-state index contributed by atoms with van der Waals surface area (Å²) in [5, 5.41) is 6.31. The number of methoxy groups -OCH3 is 1. The van der Waals surface area contributed by atoms with Gasteiger partial charge in [0, 0.05) is 12.6 Å². The van der Waals surface area contributed by atoms with Crippen molar-refractivity contribution in [2.24, 2.45) is 0 Å². The summed E-state index contributed by atoms with van der Waals surface area (Å²) < 4.78 is 34.1. The minimum atomic E-state index is -3.19. The lowest BCUT2D eigenvalue weighted by atomic mass is 10.3. The quantitative estimate of drug-likeness (QED) is 0.757. The first kappa shape index (κ1) is 13.8. The standard InChI is InChI=1S/C10H15N3O5S/c1-17-10(14)8-5-9(12-11-8)18-7-3-4-13(6-7)19(2,15)16/h5,7H,3-4,6H2,1-2H3,(H,11,12)/t7-/m0/s1. The molecule has 0 bridgehead atoms. The lowest BCUT2D eigenvalue weighted by Crippen LogP contribution is -2.29. The molecular formula is C10H15N3O5S. The van der Waals surface area contributed by atoms with Gasteiger partial charge in [0.05, 0.1) is 19.9 Å². The molecule has 1 saturated heterocycles. The van der Waals surface area contributed by atoms with Crippen molar-refractivity contribution in [3.63, 3.8) is 0 Å². The summed E-state index contributed by atoms with van der Waals surface area (Å²) in [4.78, 5) is 11.2. The molecule has 1 aliphatic rings. The van der Waals surface area contributed by atoms with Crippen molar-refractivity contribution >= 4 is 16.0 Å². The molecule has 1 fully saturated rings. The molecule has 0 amide bonds. The van der Waals surface area contributed by atoms with Crippen molar-refractivity contribution in [2.75, 3.05) is 26.5 Å². The third-order valence-corrected chi connectivity index (χ3v) is 4.09. The first-order valence-corrected chi connectivity index (χ1v) is 7.50. The van der Waals surface area contributed by atoms with Crippen LogP contribution in [0.1, 0.15) is 16.9 Å². The van der Waals surface area contributed by atoms with Crippen LogP contribution in [0.25, 0.3) is 0 Å². The minimum absolute atomic E-state index is 0.190. The normalized spacial score (nSPS) is 20.4. The highest BCUT2D eigenvalue weighted by Crippen LogP contribution is 2.19. The van der Waals surface area contributed by atoms with Crippen molar-refractivity contribution in [3.05, 3.63) is 11.8 Å². The first-order chi connectivity index (χ1) is 8.90. The lowest BCUT2D eigenvalue weighted by molar-refractivity contribution is 0.0594. The van der Waals surface area contributed by atoms with Gasteiger partial charge in [-0.15, -0.1) is 5.10 Å². The van der Waals surface area contributed by atoms with E-state index in [0.717, 1.165) is 0 Å². The summed E-state index contributed by atoms with van der Waals surface area (Å²) in [5.41, 5.74) is 0.190. The summed E-state index contributed by atoms with van der Waals surface area (Å²) in [6.45, 7) is 0.719. The topological polar surface area (TPSA) is 102 Å². The third-order valence-electron chi connectivity index (χ3n) is 2.82. The predicted octanol–water partition coefficient (Wildman–Crippen LogP) is -0.391. The SMILES string of the molecule is COC(=O)c1cc(O[C@H]2CCN(S(C)(=O)=O)C2)n[nH]1. The predicted molar refractivity (Wildman–Crippen MR) is 65.4 cm³/mol. The van der Waals surface area contributed by atoms with Crippen LogP contribution in [0, 0.1) is 0 Å². The van der Waals surface area contributed by atoms with Gasteiger partial charge in [-0.2, -0.15) is 4.31 Å². The van der Waals surface area contributed by atoms with E-state index in [1.807, 2.05) is 0 Å². The molecule has 0 radical (unpaired) electrons. The van der Waals surface area contributed by atoms with Gasteiger partial charge in [-0.3, -0.25) is 5.10 Å². The maximum Gasteiger partial charge on any atom is 0.356 e. The van der Waals surface area contributed by atoms with E-state index in [1.165, 1.54) is 23.7 Å². The molecule has 1 aromatic heterocycles. The molecule has 1 aromatic rings. The Balaban J connectivity index is 1.96. The van der Waals surface area contributed by atoms with E-state index in [9.17, 15) is 13.2 Å². The smallest absolute Gasteiger partial charge is 0.356 e. The molecule has 0 saturated carbocycles. The zero-order valence-corrected chi connectivity index (χ0v) is 11.4. The van der Waals surface area contributed by atoms with E-state index in [1.54, 1.807) is 0 Å². The molecule has 0 aromatic carbocycles. The van der Waals surface area contributed by atoms with Crippen LogP contribution in [0.3, 0.4) is 0 Å². The number of H-pyrrole nitrogens is 1. The number of hydrogen-bond acceptors (Lipinski definition) is 6. The van der Waals surface area contributed by atoms with Gasteiger partial charge < -0.3 is 9.47 Å². The maximum atomic E-state index is 11.4. The Labute approximate surface area is 110 Å². The number of aromatic amines is 1. The van der Waals surface area contributed by atoms with Gasteiger partial charge >= 0.3 is 5.97 Å². The number of sulfonamides is 1. The van der Waals surface area contributed by atoms with Crippen molar-refractivity contribution in [1.29, 1.82) is 0 Å². The number of esters is 1. The molecule has 1 N–H and O–H groups in total.